The lowest BCUT2D eigenvalue weighted by Crippen LogP contribution is -1.79. The van der Waals surface area contributed by atoms with E-state index in [9.17, 15) is 0 Å². The monoisotopic (exact) mass is 187 g/mol. The van der Waals surface area contributed by atoms with E-state index in [1.807, 2.05) is 0 Å². The molecule has 0 spiro atoms. The van der Waals surface area contributed by atoms with Crippen molar-refractivity contribution in [2.45, 2.75) is 0 Å². The van der Waals surface area contributed by atoms with E-state index in [4.69, 9.17) is 23.4 Å². The highest BCUT2D eigenvalue weighted by molar-refractivity contribution is 6.36. The molecule has 2 rings (SSSR count). The number of hydrogen-bond donors (Lipinski definition) is 0. The van der Waals surface area contributed by atoms with E-state index in [0.29, 0.717) is 10.5 Å². The highest BCUT2D eigenvalue weighted by Gasteiger charge is 2.05. The van der Waals surface area contributed by atoms with Crippen molar-refractivity contribution in [1.29, 1.82) is 0 Å². The van der Waals surface area contributed by atoms with Gasteiger partial charge in [-0.15, -0.1) is 0 Å². The predicted octanol–water partition coefficient (Wildman–Crippen LogP) is 2.09. The Hall–Kier alpha value is -0.800. The van der Waals surface area contributed by atoms with E-state index in [1.54, 1.807) is 12.4 Å². The second-order valence-corrected chi connectivity index (χ2v) is 2.82. The van der Waals surface area contributed by atoms with Crippen molar-refractivity contribution >= 4 is 34.4 Å². The summed E-state index contributed by atoms with van der Waals surface area (Å²) in [4.78, 5) is 7.77. The van der Waals surface area contributed by atoms with Crippen molar-refractivity contribution in [3.8, 4) is 0 Å². The number of aromatic nitrogens is 3. The number of hydrogen-bond acceptors (Lipinski definition) is 2. The molecule has 0 aromatic carbocycles. The van der Waals surface area contributed by atoms with Crippen molar-refractivity contribution in [1.82, 2.24) is 14.1 Å². The van der Waals surface area contributed by atoms with E-state index >= 15 is 0 Å². The van der Waals surface area contributed by atoms with Crippen molar-refractivity contribution < 1.29 is 0 Å². The second-order valence-electron chi connectivity index (χ2n) is 2.04. The molecule has 2 aromatic rings. The number of rotatable bonds is 0. The lowest BCUT2D eigenvalue weighted by atomic mass is 10.5. The Labute approximate surface area is 72.7 Å². The minimum atomic E-state index is 0.539. The molecule has 3 nitrogen and oxygen atoms in total. The molecular weight excluding hydrogens is 185 g/mol. The van der Waals surface area contributed by atoms with Gasteiger partial charge in [0.05, 0.1) is 11.2 Å². The molecule has 0 bridgehead atoms. The quantitative estimate of drug-likeness (QED) is 0.633. The molecule has 0 saturated heterocycles. The van der Waals surface area contributed by atoms with E-state index in [-0.39, 0.29) is 0 Å². The Morgan fingerprint density at radius 3 is 3.00 bits per heavy atom. The molecule has 56 valence electrons. The average molecular weight is 188 g/mol. The fourth-order valence-corrected chi connectivity index (χ4v) is 1.41. The first-order valence-electron chi connectivity index (χ1n) is 2.92. The zero-order valence-corrected chi connectivity index (χ0v) is 6.84. The summed E-state index contributed by atoms with van der Waals surface area (Å²) < 4.78 is 1.37. The predicted molar refractivity (Wildman–Crippen MR) is 43.8 cm³/mol. The van der Waals surface area contributed by atoms with E-state index in [2.05, 4.69) is 9.97 Å². The lowest BCUT2D eigenvalue weighted by molar-refractivity contribution is 1.20. The molecule has 11 heavy (non-hydrogen) atoms. The van der Waals surface area contributed by atoms with E-state index in [0.717, 1.165) is 5.52 Å². The van der Waals surface area contributed by atoms with Crippen LogP contribution in [0.5, 0.6) is 0 Å². The van der Waals surface area contributed by atoms with Gasteiger partial charge in [-0.3, -0.25) is 4.09 Å². The summed E-state index contributed by atoms with van der Waals surface area (Å²) in [5, 5.41) is 0.539. The van der Waals surface area contributed by atoms with Crippen LogP contribution in [0.25, 0.3) is 11.0 Å². The van der Waals surface area contributed by atoms with Gasteiger partial charge in [0.2, 0.25) is 0 Å². The molecule has 0 unspecified atom stereocenters. The van der Waals surface area contributed by atoms with E-state index in [1.165, 1.54) is 10.4 Å². The Morgan fingerprint density at radius 1 is 1.45 bits per heavy atom. The Morgan fingerprint density at radius 2 is 2.27 bits per heavy atom. The average Bonchev–Trinajstić information content (AvgIpc) is 2.30. The molecule has 0 aliphatic rings. The molecule has 0 atom stereocenters. The van der Waals surface area contributed by atoms with Crippen LogP contribution in [-0.2, 0) is 0 Å². The summed E-state index contributed by atoms with van der Waals surface area (Å²) in [6, 6.07) is 0. The topological polar surface area (TPSA) is 30.7 Å². The van der Waals surface area contributed by atoms with Crippen molar-refractivity contribution in [2.24, 2.45) is 0 Å². The zero-order valence-electron chi connectivity index (χ0n) is 5.33. The van der Waals surface area contributed by atoms with Crippen molar-refractivity contribution in [2.75, 3.05) is 0 Å². The van der Waals surface area contributed by atoms with Gasteiger partial charge in [0, 0.05) is 18.0 Å². The number of nitrogens with zero attached hydrogens (tertiary/aromatic N) is 3. The minimum Gasteiger partial charge on any atom is -0.256 e. The zero-order chi connectivity index (χ0) is 7.84. The van der Waals surface area contributed by atoms with Crippen molar-refractivity contribution in [3.63, 3.8) is 0 Å². The van der Waals surface area contributed by atoms with Crippen LogP contribution in [0.4, 0.5) is 0 Å². The van der Waals surface area contributed by atoms with Crippen LogP contribution >= 0.6 is 23.4 Å². The molecule has 0 fully saturated rings. The van der Waals surface area contributed by atoms with Crippen LogP contribution in [0.3, 0.4) is 0 Å². The molecule has 0 N–H and O–H groups in total. The van der Waals surface area contributed by atoms with Crippen LogP contribution in [-0.4, -0.2) is 14.1 Å². The Kier molecular flexibility index (Phi) is 1.47. The summed E-state index contributed by atoms with van der Waals surface area (Å²) in [6.07, 6.45) is 4.63. The van der Waals surface area contributed by atoms with Gasteiger partial charge in [0.1, 0.15) is 17.4 Å². The highest BCUT2D eigenvalue weighted by atomic mass is 35.5. The summed E-state index contributed by atoms with van der Waals surface area (Å²) in [5.74, 6) is 0. The fraction of sp³-hybridized carbons (Fsp3) is 0. The molecule has 5 heteroatoms. The summed E-state index contributed by atoms with van der Waals surface area (Å²) in [5.41, 5.74) is 1.40. The maximum Gasteiger partial charge on any atom is 0.116 e. The normalized spacial score (nSPS) is 10.7. The smallest absolute Gasteiger partial charge is 0.116 e. The molecule has 0 aliphatic heterocycles. The van der Waals surface area contributed by atoms with E-state index < -0.39 is 0 Å². The standard InChI is InChI=1S/C6H3Cl2N3/c7-4-2-11(8)5-1-9-3-10-6(4)5/h1-3H. The maximum atomic E-state index is 5.78. The molecular formula is C6H3Cl2N3. The SMILES string of the molecule is Clc1cn(Cl)c2cncnc12. The molecule has 2 heterocycles. The van der Waals surface area contributed by atoms with Crippen LogP contribution in [0.15, 0.2) is 18.7 Å². The molecule has 0 radical (unpaired) electrons. The van der Waals surface area contributed by atoms with Crippen molar-refractivity contribution in [3.05, 3.63) is 23.7 Å². The van der Waals surface area contributed by atoms with Crippen LogP contribution in [0.2, 0.25) is 5.02 Å². The molecule has 2 aromatic heterocycles. The van der Waals surface area contributed by atoms with Gasteiger partial charge in [-0.1, -0.05) is 11.6 Å². The van der Waals surface area contributed by atoms with Crippen LogP contribution < -0.4 is 0 Å². The van der Waals surface area contributed by atoms with Crippen LogP contribution in [0.1, 0.15) is 0 Å². The van der Waals surface area contributed by atoms with Gasteiger partial charge in [0.15, 0.2) is 0 Å². The van der Waals surface area contributed by atoms with Gasteiger partial charge in [0.25, 0.3) is 0 Å². The Bertz CT molecular complexity index is 360. The third-order valence-corrected chi connectivity index (χ3v) is 1.93. The largest absolute Gasteiger partial charge is 0.256 e. The fourth-order valence-electron chi connectivity index (χ4n) is 0.893. The van der Waals surface area contributed by atoms with Gasteiger partial charge >= 0.3 is 0 Å². The highest BCUT2D eigenvalue weighted by Crippen LogP contribution is 2.22. The summed E-state index contributed by atoms with van der Waals surface area (Å²) >= 11 is 11.5. The maximum absolute atomic E-state index is 5.78. The third-order valence-electron chi connectivity index (χ3n) is 1.38. The third kappa shape index (κ3) is 0.968. The van der Waals surface area contributed by atoms with Gasteiger partial charge in [-0.05, 0) is 0 Å². The van der Waals surface area contributed by atoms with Gasteiger partial charge in [-0.25, -0.2) is 9.97 Å². The lowest BCUT2D eigenvalue weighted by Gasteiger charge is -1.88. The first kappa shape index (κ1) is 6.88. The summed E-state index contributed by atoms with van der Waals surface area (Å²) in [6.45, 7) is 0. The first-order valence-corrected chi connectivity index (χ1v) is 3.63. The first-order chi connectivity index (χ1) is 5.29. The number of fused-ring (bicyclic) bond motifs is 1. The molecule has 0 saturated carbocycles. The second kappa shape index (κ2) is 2.36. The minimum absolute atomic E-state index is 0.539. The Balaban J connectivity index is 2.95. The van der Waals surface area contributed by atoms with Crippen LogP contribution in [0, 0.1) is 0 Å². The van der Waals surface area contributed by atoms with Gasteiger partial charge < -0.3 is 0 Å². The molecule has 0 amide bonds. The molecule has 0 aliphatic carbocycles. The van der Waals surface area contributed by atoms with Gasteiger partial charge in [-0.2, -0.15) is 0 Å². The number of halogens is 2. The summed E-state index contributed by atoms with van der Waals surface area (Å²) in [7, 11) is 0.